The van der Waals surface area contributed by atoms with Gasteiger partial charge in [-0.2, -0.15) is 0 Å². The molecule has 0 saturated heterocycles. The standard InChI is InChI=1S/C73H72BN3/c1-69(2,3)54-31-23-33-58(44-54)76-65-46-56(71(7,8)9)35-38-62(65)74-61-37-34-52(50-26-16-12-17-27-50)43-64(61)75(57-32-22-28-51(42-57)49-24-14-11-15-25-49)66-47-59(48-67(76)68(66)74)77-63-39-36-55(70(4,5)6)45-60(63)73(53-29-18-13-19-30-53)41-21-20-40-72(73,77)10/h11-19,22-39,42-48H,20-21,40-41H2,1-10H3. The molecule has 0 amide bonds. The summed E-state index contributed by atoms with van der Waals surface area (Å²) in [4.78, 5) is 8.14. The van der Waals surface area contributed by atoms with E-state index >= 15 is 0 Å². The fraction of sp³-hybridized carbons (Fsp3) is 0.260. The third-order valence-electron chi connectivity index (χ3n) is 18.2. The molecule has 0 bridgehead atoms. The molecule has 9 aromatic rings. The molecule has 0 radical (unpaired) electrons. The van der Waals surface area contributed by atoms with Gasteiger partial charge in [0.05, 0.1) is 5.54 Å². The molecule has 9 aromatic carbocycles. The molecule has 4 heteroatoms. The number of hydrogen-bond donors (Lipinski definition) is 0. The average molecular weight is 1000 g/mol. The van der Waals surface area contributed by atoms with Crippen LogP contribution in [-0.2, 0) is 21.7 Å². The lowest BCUT2D eigenvalue weighted by molar-refractivity contribution is 0.215. The fourth-order valence-corrected chi connectivity index (χ4v) is 14.1. The third-order valence-corrected chi connectivity index (χ3v) is 18.2. The van der Waals surface area contributed by atoms with Gasteiger partial charge in [-0.25, -0.2) is 0 Å². The van der Waals surface area contributed by atoms with Crippen LogP contribution in [0.1, 0.15) is 123 Å². The third kappa shape index (κ3) is 7.75. The van der Waals surface area contributed by atoms with Crippen LogP contribution in [0.5, 0.6) is 0 Å². The second-order valence-corrected chi connectivity index (χ2v) is 26.0. The lowest BCUT2D eigenvalue weighted by atomic mass is 9.33. The Morgan fingerprint density at radius 2 is 0.870 bits per heavy atom. The van der Waals surface area contributed by atoms with Crippen molar-refractivity contribution in [3.8, 4) is 22.3 Å². The first-order valence-electron chi connectivity index (χ1n) is 28.3. The van der Waals surface area contributed by atoms with Gasteiger partial charge < -0.3 is 14.7 Å². The zero-order valence-electron chi connectivity index (χ0n) is 46.9. The maximum absolute atomic E-state index is 2.84. The molecule has 0 aromatic heterocycles. The van der Waals surface area contributed by atoms with E-state index in [-0.39, 0.29) is 33.9 Å². The minimum absolute atomic E-state index is 0.0153. The van der Waals surface area contributed by atoms with Crippen LogP contribution in [0.15, 0.2) is 206 Å². The molecule has 77 heavy (non-hydrogen) atoms. The predicted octanol–water partition coefficient (Wildman–Crippen LogP) is 17.8. The summed E-state index contributed by atoms with van der Waals surface area (Å²) in [6.45, 7) is 23.8. The zero-order chi connectivity index (χ0) is 53.2. The Kier molecular flexibility index (Phi) is 11.3. The van der Waals surface area contributed by atoms with Crippen molar-refractivity contribution < 1.29 is 0 Å². The van der Waals surface area contributed by atoms with Crippen molar-refractivity contribution in [2.45, 2.75) is 122 Å². The summed E-state index contributed by atoms with van der Waals surface area (Å²) in [5.74, 6) is 0. The highest BCUT2D eigenvalue weighted by Crippen LogP contribution is 2.65. The Morgan fingerprint density at radius 1 is 0.377 bits per heavy atom. The zero-order valence-corrected chi connectivity index (χ0v) is 46.9. The van der Waals surface area contributed by atoms with Gasteiger partial charge in [-0.3, -0.25) is 0 Å². The Bertz CT molecular complexity index is 3750. The van der Waals surface area contributed by atoms with Crippen LogP contribution in [0.25, 0.3) is 22.3 Å². The van der Waals surface area contributed by atoms with Crippen LogP contribution in [0.4, 0.5) is 45.5 Å². The number of nitrogens with zero attached hydrogens (tertiary/aromatic N) is 3. The van der Waals surface area contributed by atoms with Crippen LogP contribution in [0.3, 0.4) is 0 Å². The largest absolute Gasteiger partial charge is 0.334 e. The first-order chi connectivity index (χ1) is 36.9. The summed E-state index contributed by atoms with van der Waals surface area (Å²) < 4.78 is 0. The Morgan fingerprint density at radius 3 is 1.49 bits per heavy atom. The van der Waals surface area contributed by atoms with Crippen LogP contribution in [0, 0.1) is 0 Å². The van der Waals surface area contributed by atoms with E-state index in [0.717, 1.165) is 18.5 Å². The number of anilines is 8. The predicted molar refractivity (Wildman–Crippen MR) is 330 cm³/mol. The second kappa shape index (κ2) is 17.7. The number of rotatable bonds is 6. The molecule has 2 atom stereocenters. The molecule has 1 fully saturated rings. The number of benzene rings is 9. The quantitative estimate of drug-likeness (QED) is 0.154. The molecule has 2 unspecified atom stereocenters. The van der Waals surface area contributed by atoms with E-state index in [1.807, 2.05) is 0 Å². The lowest BCUT2D eigenvalue weighted by Gasteiger charge is -2.53. The SMILES string of the molecule is CC(C)(C)c1cccc(N2c3cc(C(C)(C)C)ccc3B3c4ccc(-c5ccccc5)cc4N(c4cccc(-c5ccccc5)c4)c4cc(N5c6ccc(C(C)(C)C)cc6C6(c7ccccc7)CCCCC56C)cc2c43)c1. The number of hydrogen-bond acceptors (Lipinski definition) is 3. The minimum atomic E-state index is -0.292. The average Bonchev–Trinajstić information content (AvgIpc) is 3.72. The molecule has 13 rings (SSSR count). The molecular formula is C73H72BN3. The molecule has 0 spiro atoms. The summed E-state index contributed by atoms with van der Waals surface area (Å²) in [7, 11) is 0. The van der Waals surface area contributed by atoms with Gasteiger partial charge in [0.1, 0.15) is 0 Å². The van der Waals surface area contributed by atoms with E-state index in [0.29, 0.717) is 0 Å². The fourth-order valence-electron chi connectivity index (χ4n) is 14.1. The van der Waals surface area contributed by atoms with Crippen molar-refractivity contribution in [1.29, 1.82) is 0 Å². The molecule has 0 N–H and O–H groups in total. The van der Waals surface area contributed by atoms with Gasteiger partial charge in [-0.05, 0) is 157 Å². The van der Waals surface area contributed by atoms with Gasteiger partial charge in [0.15, 0.2) is 0 Å². The highest BCUT2D eigenvalue weighted by atomic mass is 15.3. The summed E-state index contributed by atoms with van der Waals surface area (Å²) in [6.07, 6.45) is 4.51. The monoisotopic (exact) mass is 1000 g/mol. The summed E-state index contributed by atoms with van der Waals surface area (Å²) in [5.41, 5.74) is 24.8. The second-order valence-electron chi connectivity index (χ2n) is 26.0. The Balaban J connectivity index is 1.17. The first kappa shape index (κ1) is 49.0. The van der Waals surface area contributed by atoms with Crippen LogP contribution in [-0.4, -0.2) is 12.3 Å². The molecule has 3 aliphatic heterocycles. The van der Waals surface area contributed by atoms with Gasteiger partial charge in [0.2, 0.25) is 0 Å². The van der Waals surface area contributed by atoms with Gasteiger partial charge in [0, 0.05) is 50.9 Å². The maximum Gasteiger partial charge on any atom is 0.252 e. The van der Waals surface area contributed by atoms with Gasteiger partial charge in [-0.1, -0.05) is 227 Å². The lowest BCUT2D eigenvalue weighted by Crippen LogP contribution is -2.61. The summed E-state index contributed by atoms with van der Waals surface area (Å²) in [6, 6.07) is 79.7. The smallest absolute Gasteiger partial charge is 0.252 e. The molecular weight excluding hydrogens is 930 g/mol. The maximum atomic E-state index is 2.84. The van der Waals surface area contributed by atoms with Crippen molar-refractivity contribution in [2.75, 3.05) is 14.7 Å². The van der Waals surface area contributed by atoms with E-state index in [1.54, 1.807) is 0 Å². The van der Waals surface area contributed by atoms with E-state index in [9.17, 15) is 0 Å². The van der Waals surface area contributed by atoms with E-state index < -0.39 is 0 Å². The van der Waals surface area contributed by atoms with Gasteiger partial charge in [-0.15, -0.1) is 0 Å². The Labute approximate surface area is 459 Å². The highest BCUT2D eigenvalue weighted by molar-refractivity contribution is 7.00. The van der Waals surface area contributed by atoms with Gasteiger partial charge in [0.25, 0.3) is 6.71 Å². The van der Waals surface area contributed by atoms with Crippen molar-refractivity contribution >= 4 is 68.6 Å². The molecule has 382 valence electrons. The van der Waals surface area contributed by atoms with E-state index in [4.69, 9.17) is 0 Å². The highest BCUT2D eigenvalue weighted by Gasteiger charge is 2.61. The molecule has 1 saturated carbocycles. The van der Waals surface area contributed by atoms with Crippen molar-refractivity contribution in [3.63, 3.8) is 0 Å². The van der Waals surface area contributed by atoms with Crippen molar-refractivity contribution in [2.24, 2.45) is 0 Å². The van der Waals surface area contributed by atoms with Crippen LogP contribution < -0.4 is 31.1 Å². The minimum Gasteiger partial charge on any atom is -0.334 e. The molecule has 3 nitrogen and oxygen atoms in total. The van der Waals surface area contributed by atoms with Crippen LogP contribution >= 0.6 is 0 Å². The number of fused-ring (bicyclic) bond motifs is 7. The normalized spacial score (nSPS) is 18.6. The summed E-state index contributed by atoms with van der Waals surface area (Å²) in [5, 5.41) is 0. The first-order valence-corrected chi connectivity index (χ1v) is 28.3. The molecule has 1 aliphatic carbocycles. The van der Waals surface area contributed by atoms with Crippen molar-refractivity contribution in [1.82, 2.24) is 0 Å². The van der Waals surface area contributed by atoms with E-state index in [1.165, 1.54) is 119 Å². The molecule has 3 heterocycles. The Hall–Kier alpha value is -7.56. The van der Waals surface area contributed by atoms with Gasteiger partial charge >= 0.3 is 0 Å². The molecule has 4 aliphatic rings. The topological polar surface area (TPSA) is 9.72 Å². The summed E-state index contributed by atoms with van der Waals surface area (Å²) >= 11 is 0. The van der Waals surface area contributed by atoms with Crippen molar-refractivity contribution in [3.05, 3.63) is 234 Å². The van der Waals surface area contributed by atoms with E-state index in [2.05, 4.69) is 290 Å². The van der Waals surface area contributed by atoms with Crippen LogP contribution in [0.2, 0.25) is 0 Å².